The van der Waals surface area contributed by atoms with E-state index in [0.29, 0.717) is 80.3 Å². The lowest BCUT2D eigenvalue weighted by Crippen LogP contribution is -2.49. The van der Waals surface area contributed by atoms with Crippen molar-refractivity contribution in [3.63, 3.8) is 0 Å². The number of fused-ring (bicyclic) bond motifs is 3. The standard InChI is InChI=1S/C42H53FN6O6Si/c1-5-54-33-14-16-36-30(23-33)24-35(44-19-9-10-21-50)40(52)49(36)32-13-15-37-34(25-32)42(41(53)48(37)26-29-11-7-6-8-12-29)28(2)39(56(3,4)43)38(55-42)17-20-47-27-31(18-22-51)45-46-47/h6-8,11-16,23,25,27-28,35,38-39,44,50-51H,5,9-10,17-22,24,26H2,1-4H3/t28-,35?,38+,39-,42+/m0/s1. The molecule has 3 aliphatic heterocycles. The number of benzene rings is 3. The van der Waals surface area contributed by atoms with Crippen LogP contribution in [-0.2, 0) is 45.9 Å². The van der Waals surface area contributed by atoms with E-state index in [4.69, 9.17) is 9.47 Å². The van der Waals surface area contributed by atoms with Gasteiger partial charge < -0.3 is 34.0 Å². The Morgan fingerprint density at radius 2 is 1.82 bits per heavy atom. The number of aliphatic hydroxyl groups excluding tert-OH is 2. The lowest BCUT2D eigenvalue weighted by atomic mass is 9.82. The molecule has 1 unspecified atom stereocenters. The summed E-state index contributed by atoms with van der Waals surface area (Å²) in [6.45, 7) is 9.06. The van der Waals surface area contributed by atoms with E-state index in [1.54, 1.807) is 33.8 Å². The Morgan fingerprint density at radius 1 is 1.04 bits per heavy atom. The van der Waals surface area contributed by atoms with Crippen molar-refractivity contribution in [1.29, 1.82) is 0 Å². The molecule has 56 heavy (non-hydrogen) atoms. The molecule has 7 rings (SSSR count). The SMILES string of the molecule is CCOc1ccc2c(c1)CC(NCCCCO)C(=O)N2c1ccc2c(c1)[C@@]1(O[C@H](CCn3cc(CCO)nn3)[C@@H]([Si](C)(C)F)[C@@H]1C)C(=O)N2Cc1ccccc1. The zero-order valence-corrected chi connectivity index (χ0v) is 33.7. The van der Waals surface area contributed by atoms with Crippen LogP contribution < -0.4 is 19.9 Å². The van der Waals surface area contributed by atoms with Gasteiger partial charge in [0, 0.05) is 55.1 Å². The lowest BCUT2D eigenvalue weighted by molar-refractivity contribution is -0.146. The molecule has 1 aromatic heterocycles. The van der Waals surface area contributed by atoms with Gasteiger partial charge in [-0.05, 0) is 99.8 Å². The van der Waals surface area contributed by atoms with E-state index >= 15 is 8.90 Å². The molecule has 3 N–H and O–H groups in total. The average molecular weight is 785 g/mol. The average Bonchev–Trinajstić information content (AvgIpc) is 3.82. The van der Waals surface area contributed by atoms with E-state index in [1.165, 1.54) is 0 Å². The monoisotopic (exact) mass is 784 g/mol. The summed E-state index contributed by atoms with van der Waals surface area (Å²) < 4.78 is 31.3. The van der Waals surface area contributed by atoms with Crippen LogP contribution in [0.15, 0.2) is 72.9 Å². The van der Waals surface area contributed by atoms with Crippen molar-refractivity contribution in [3.05, 3.63) is 95.3 Å². The molecule has 1 saturated heterocycles. The maximum absolute atomic E-state index is 16.7. The van der Waals surface area contributed by atoms with Crippen LogP contribution in [0, 0.1) is 5.92 Å². The number of hydrogen-bond acceptors (Lipinski definition) is 9. The normalized spacial score (nSPS) is 23.3. The fraction of sp³-hybridized carbons (Fsp3) is 0.476. The molecule has 4 heterocycles. The molecule has 2 amide bonds. The molecule has 14 heteroatoms. The Bertz CT molecular complexity index is 2030. The molecule has 12 nitrogen and oxygen atoms in total. The first-order valence-corrected chi connectivity index (χ1v) is 22.8. The fourth-order valence-electron chi connectivity index (χ4n) is 9.02. The number of hydrogen-bond donors (Lipinski definition) is 3. The number of aromatic nitrogens is 3. The number of carbonyl (C=O) groups is 2. The van der Waals surface area contributed by atoms with Crippen molar-refractivity contribution < 1.29 is 33.4 Å². The van der Waals surface area contributed by atoms with E-state index < -0.39 is 37.6 Å². The second-order valence-corrected chi connectivity index (χ2v) is 19.4. The number of carbonyl (C=O) groups excluding carboxylic acids is 2. The van der Waals surface area contributed by atoms with E-state index in [1.807, 2.05) is 80.6 Å². The molecule has 1 fully saturated rings. The van der Waals surface area contributed by atoms with Gasteiger partial charge in [0.15, 0.2) is 5.60 Å². The summed E-state index contributed by atoms with van der Waals surface area (Å²) in [6.07, 6.45) is 3.79. The number of amides is 2. The van der Waals surface area contributed by atoms with Gasteiger partial charge in [0.2, 0.25) is 14.3 Å². The summed E-state index contributed by atoms with van der Waals surface area (Å²) in [5.74, 6) is -0.186. The highest BCUT2D eigenvalue weighted by Crippen LogP contribution is 2.61. The molecule has 3 aliphatic rings. The van der Waals surface area contributed by atoms with Gasteiger partial charge in [-0.3, -0.25) is 19.2 Å². The number of rotatable bonds is 16. The number of anilines is 3. The van der Waals surface area contributed by atoms with Crippen molar-refractivity contribution in [3.8, 4) is 5.75 Å². The molecular formula is C42H53FN6O6Si. The van der Waals surface area contributed by atoms with Gasteiger partial charge in [0.05, 0.1) is 42.4 Å². The maximum Gasteiger partial charge on any atom is 0.264 e. The molecule has 5 atom stereocenters. The Hall–Kier alpha value is -4.47. The molecular weight excluding hydrogens is 732 g/mol. The largest absolute Gasteiger partial charge is 0.494 e. The summed E-state index contributed by atoms with van der Waals surface area (Å²) in [6, 6.07) is 20.7. The van der Waals surface area contributed by atoms with Gasteiger partial charge >= 0.3 is 0 Å². The highest BCUT2D eigenvalue weighted by Gasteiger charge is 2.66. The predicted molar refractivity (Wildman–Crippen MR) is 214 cm³/mol. The van der Waals surface area contributed by atoms with Crippen LogP contribution in [0.25, 0.3) is 0 Å². The fourth-order valence-corrected chi connectivity index (χ4v) is 11.6. The van der Waals surface area contributed by atoms with Crippen LogP contribution in [0.2, 0.25) is 18.6 Å². The van der Waals surface area contributed by atoms with Crippen molar-refractivity contribution >= 4 is 37.3 Å². The summed E-state index contributed by atoms with van der Waals surface area (Å²) in [7, 11) is -3.46. The van der Waals surface area contributed by atoms with E-state index in [9.17, 15) is 15.0 Å². The van der Waals surface area contributed by atoms with Crippen LogP contribution in [0.1, 0.15) is 55.5 Å². The number of nitrogens with zero attached hydrogens (tertiary/aromatic N) is 5. The van der Waals surface area contributed by atoms with Gasteiger partial charge in [-0.15, -0.1) is 5.10 Å². The minimum absolute atomic E-state index is 0.0398. The van der Waals surface area contributed by atoms with E-state index in [-0.39, 0.29) is 25.0 Å². The molecule has 0 radical (unpaired) electrons. The summed E-state index contributed by atoms with van der Waals surface area (Å²) in [5.41, 5.74) is 3.13. The summed E-state index contributed by atoms with van der Waals surface area (Å²) in [5, 5.41) is 30.5. The van der Waals surface area contributed by atoms with Gasteiger partial charge in [-0.2, -0.15) is 0 Å². The third-order valence-electron chi connectivity index (χ3n) is 11.5. The lowest BCUT2D eigenvalue weighted by Gasteiger charge is -2.36. The van der Waals surface area contributed by atoms with Crippen molar-refractivity contribution in [2.45, 2.75) is 95.4 Å². The number of nitrogens with one attached hydrogen (secondary N) is 1. The van der Waals surface area contributed by atoms with Crippen LogP contribution in [-0.4, -0.2) is 83.9 Å². The summed E-state index contributed by atoms with van der Waals surface area (Å²) >= 11 is 0. The number of aryl methyl sites for hydroxylation is 1. The maximum atomic E-state index is 16.7. The third-order valence-corrected chi connectivity index (χ3v) is 14.0. The smallest absolute Gasteiger partial charge is 0.264 e. The predicted octanol–water partition coefficient (Wildman–Crippen LogP) is 5.58. The van der Waals surface area contributed by atoms with Crippen LogP contribution in [0.4, 0.5) is 21.2 Å². The van der Waals surface area contributed by atoms with Crippen LogP contribution in [0.3, 0.4) is 0 Å². The highest BCUT2D eigenvalue weighted by atomic mass is 28.4. The van der Waals surface area contributed by atoms with Crippen molar-refractivity contribution in [1.82, 2.24) is 20.3 Å². The molecule has 0 aliphatic carbocycles. The Kier molecular flexibility index (Phi) is 11.8. The molecule has 1 spiro atoms. The van der Waals surface area contributed by atoms with Crippen molar-refractivity contribution in [2.24, 2.45) is 5.92 Å². The second kappa shape index (κ2) is 16.6. The Balaban J connectivity index is 1.31. The zero-order chi connectivity index (χ0) is 39.6. The first-order chi connectivity index (χ1) is 27.0. The van der Waals surface area contributed by atoms with Gasteiger partial charge in [-0.25, -0.2) is 0 Å². The van der Waals surface area contributed by atoms with E-state index in [2.05, 4.69) is 15.6 Å². The summed E-state index contributed by atoms with van der Waals surface area (Å²) in [4.78, 5) is 33.1. The molecule has 3 aromatic carbocycles. The number of halogens is 1. The van der Waals surface area contributed by atoms with Gasteiger partial charge in [0.25, 0.3) is 5.91 Å². The highest BCUT2D eigenvalue weighted by molar-refractivity contribution is 6.72. The van der Waals surface area contributed by atoms with Crippen molar-refractivity contribution in [2.75, 3.05) is 36.2 Å². The first-order valence-electron chi connectivity index (χ1n) is 19.8. The quantitative estimate of drug-likeness (QED) is 0.0755. The minimum Gasteiger partial charge on any atom is -0.494 e. The minimum atomic E-state index is -3.46. The topological polar surface area (TPSA) is 142 Å². The Morgan fingerprint density at radius 3 is 2.55 bits per heavy atom. The first kappa shape index (κ1) is 39.8. The third kappa shape index (κ3) is 7.52. The van der Waals surface area contributed by atoms with E-state index in [0.717, 1.165) is 23.2 Å². The van der Waals surface area contributed by atoms with Gasteiger partial charge in [-0.1, -0.05) is 42.5 Å². The van der Waals surface area contributed by atoms with Gasteiger partial charge in [0.1, 0.15) is 5.75 Å². The molecule has 0 bridgehead atoms. The second-order valence-electron chi connectivity index (χ2n) is 15.6. The number of aliphatic hydroxyl groups is 2. The van der Waals surface area contributed by atoms with Crippen LogP contribution >= 0.6 is 0 Å². The van der Waals surface area contributed by atoms with Crippen LogP contribution in [0.5, 0.6) is 5.75 Å². The number of unbranched alkanes of at least 4 members (excludes halogenated alkanes) is 1. The Labute approximate surface area is 328 Å². The molecule has 298 valence electrons. The number of ether oxygens (including phenoxy) is 2. The molecule has 0 saturated carbocycles. The molecule has 4 aromatic rings. The zero-order valence-electron chi connectivity index (χ0n) is 32.7.